The normalized spacial score (nSPS) is 18.7. The summed E-state index contributed by atoms with van der Waals surface area (Å²) in [5.41, 5.74) is 0.877. The number of rotatable bonds is 6. The first-order valence-corrected chi connectivity index (χ1v) is 11.4. The number of isothiocyanates is 1. The van der Waals surface area contributed by atoms with E-state index >= 15 is 0 Å². The average Bonchev–Trinajstić information content (AvgIpc) is 3.45. The Morgan fingerprint density at radius 2 is 2.12 bits per heavy atom. The van der Waals surface area contributed by atoms with Crippen molar-refractivity contribution in [3.8, 4) is 0 Å². The van der Waals surface area contributed by atoms with Crippen molar-refractivity contribution >= 4 is 58.2 Å². The van der Waals surface area contributed by atoms with Crippen LogP contribution in [0.3, 0.4) is 0 Å². The molecule has 2 fully saturated rings. The van der Waals surface area contributed by atoms with E-state index in [-0.39, 0.29) is 19.0 Å². The minimum atomic E-state index is -0.538. The lowest BCUT2D eigenvalue weighted by atomic mass is 10.2. The van der Waals surface area contributed by atoms with Crippen LogP contribution in [0, 0.1) is 5.82 Å². The highest BCUT2D eigenvalue weighted by Gasteiger charge is 2.33. The van der Waals surface area contributed by atoms with Gasteiger partial charge in [-0.3, -0.25) is 9.69 Å². The number of carbonyl (C=O) groups excluding carboxylic acids is 2. The number of hydrogen-bond acceptors (Lipinski definition) is 7. The summed E-state index contributed by atoms with van der Waals surface area (Å²) in [5, 5.41) is 4.21. The molecule has 2 aromatic rings. The summed E-state index contributed by atoms with van der Waals surface area (Å²) in [5.74, 6) is -0.470. The van der Waals surface area contributed by atoms with Gasteiger partial charge < -0.3 is 14.5 Å². The van der Waals surface area contributed by atoms with Crippen LogP contribution in [0.2, 0.25) is 0 Å². The van der Waals surface area contributed by atoms with E-state index in [1.165, 1.54) is 11.0 Å². The molecule has 0 saturated carbocycles. The van der Waals surface area contributed by atoms with Gasteiger partial charge in [0, 0.05) is 37.1 Å². The first-order chi connectivity index (χ1) is 15.5. The number of hydrogen-bond donors (Lipinski definition) is 0. The van der Waals surface area contributed by atoms with Crippen LogP contribution >= 0.6 is 23.6 Å². The van der Waals surface area contributed by atoms with Gasteiger partial charge in [0.25, 0.3) is 0 Å². The van der Waals surface area contributed by atoms with Crippen molar-refractivity contribution in [3.63, 3.8) is 0 Å². The van der Waals surface area contributed by atoms with Crippen LogP contribution in [-0.2, 0) is 9.53 Å². The predicted octanol–water partition coefficient (Wildman–Crippen LogP) is 3.68. The zero-order chi connectivity index (χ0) is 22.5. The van der Waals surface area contributed by atoms with Crippen molar-refractivity contribution in [1.82, 2.24) is 4.90 Å². The van der Waals surface area contributed by atoms with Gasteiger partial charge in [-0.15, -0.1) is 11.3 Å². The molecule has 166 valence electrons. The summed E-state index contributed by atoms with van der Waals surface area (Å²) >= 11 is 6.11. The molecule has 2 amide bonds. The molecule has 32 heavy (non-hydrogen) atoms. The van der Waals surface area contributed by atoms with Gasteiger partial charge in [-0.05, 0) is 47.9 Å². The molecule has 10 heteroatoms. The number of halogens is 1. The molecule has 2 saturated heterocycles. The van der Waals surface area contributed by atoms with E-state index in [2.05, 4.69) is 22.4 Å². The largest absolute Gasteiger partial charge is 0.442 e. The van der Waals surface area contributed by atoms with Gasteiger partial charge in [0.2, 0.25) is 5.91 Å². The molecule has 0 aliphatic carbocycles. The number of anilines is 2. The standard InChI is InChI=1S/C22H21FN4O3S2/c23-19-12-16(27-14-17(13-24-15-31)30-22(27)29)3-5-20(19)25-7-9-26(10-8-25)21(28)6-4-18-2-1-11-32-18/h1-6,11-12,17H,7-10,13-14H2/t17-/m0/s1. The van der Waals surface area contributed by atoms with E-state index < -0.39 is 18.0 Å². The first-order valence-electron chi connectivity index (χ1n) is 10.1. The molecule has 3 heterocycles. The van der Waals surface area contributed by atoms with Gasteiger partial charge in [-0.25, -0.2) is 14.2 Å². The lowest BCUT2D eigenvalue weighted by Crippen LogP contribution is -2.48. The Kier molecular flexibility index (Phi) is 6.94. The van der Waals surface area contributed by atoms with Gasteiger partial charge in [-0.1, -0.05) is 6.07 Å². The molecule has 1 aromatic carbocycles. The van der Waals surface area contributed by atoms with Crippen molar-refractivity contribution in [2.24, 2.45) is 4.99 Å². The molecule has 0 unspecified atom stereocenters. The number of piperazine rings is 1. The van der Waals surface area contributed by atoms with E-state index in [9.17, 15) is 14.0 Å². The molecule has 0 radical (unpaired) electrons. The van der Waals surface area contributed by atoms with Crippen molar-refractivity contribution < 1.29 is 18.7 Å². The minimum Gasteiger partial charge on any atom is -0.442 e. The van der Waals surface area contributed by atoms with Gasteiger partial charge >= 0.3 is 6.09 Å². The van der Waals surface area contributed by atoms with E-state index in [1.54, 1.807) is 34.4 Å². The molecule has 2 aliphatic heterocycles. The van der Waals surface area contributed by atoms with Crippen LogP contribution < -0.4 is 9.80 Å². The van der Waals surface area contributed by atoms with Crippen LogP contribution in [0.4, 0.5) is 20.6 Å². The van der Waals surface area contributed by atoms with Crippen LogP contribution in [0.15, 0.2) is 46.8 Å². The van der Waals surface area contributed by atoms with Crippen molar-refractivity contribution in [2.45, 2.75) is 6.10 Å². The summed E-state index contributed by atoms with van der Waals surface area (Å²) in [6, 6.07) is 8.59. The Morgan fingerprint density at radius 3 is 2.81 bits per heavy atom. The highest BCUT2D eigenvalue weighted by Crippen LogP contribution is 2.28. The number of nitrogens with zero attached hydrogens (tertiary/aromatic N) is 4. The number of ether oxygens (including phenoxy) is 1. The number of cyclic esters (lactones) is 1. The van der Waals surface area contributed by atoms with Crippen LogP contribution in [0.5, 0.6) is 0 Å². The Labute approximate surface area is 194 Å². The second-order valence-electron chi connectivity index (χ2n) is 7.35. The maximum atomic E-state index is 14.9. The topological polar surface area (TPSA) is 65.5 Å². The highest BCUT2D eigenvalue weighted by atomic mass is 32.1. The third-order valence-corrected chi connectivity index (χ3v) is 6.31. The molecular weight excluding hydrogens is 451 g/mol. The van der Waals surface area contributed by atoms with Gasteiger partial charge in [0.1, 0.15) is 11.9 Å². The number of amides is 2. The van der Waals surface area contributed by atoms with E-state index in [0.29, 0.717) is 37.6 Å². The number of carbonyl (C=O) groups is 2. The first kappa shape index (κ1) is 22.1. The van der Waals surface area contributed by atoms with Crippen LogP contribution in [-0.4, -0.2) is 67.4 Å². The van der Waals surface area contributed by atoms with Crippen molar-refractivity contribution in [2.75, 3.05) is 49.1 Å². The van der Waals surface area contributed by atoms with Gasteiger partial charge in [-0.2, -0.15) is 0 Å². The number of aliphatic imine (C=N–C) groups is 1. The van der Waals surface area contributed by atoms with E-state index in [4.69, 9.17) is 4.74 Å². The summed E-state index contributed by atoms with van der Waals surface area (Å²) in [4.78, 5) is 34.4. The Hall–Kier alpha value is -3.07. The third-order valence-electron chi connectivity index (χ3n) is 5.34. The van der Waals surface area contributed by atoms with Gasteiger partial charge in [0.05, 0.1) is 29.6 Å². The lowest BCUT2D eigenvalue weighted by Gasteiger charge is -2.36. The van der Waals surface area contributed by atoms with E-state index in [0.717, 1.165) is 4.88 Å². The number of benzene rings is 1. The van der Waals surface area contributed by atoms with E-state index in [1.807, 2.05) is 28.5 Å². The summed E-state index contributed by atoms with van der Waals surface area (Å²) in [7, 11) is 0. The Morgan fingerprint density at radius 1 is 1.31 bits per heavy atom. The fraction of sp³-hybridized carbons (Fsp3) is 0.318. The Balaban J connectivity index is 1.35. The fourth-order valence-electron chi connectivity index (χ4n) is 3.70. The zero-order valence-electron chi connectivity index (χ0n) is 17.1. The molecule has 0 bridgehead atoms. The Bertz CT molecular complexity index is 1060. The number of thiophene rings is 1. The predicted molar refractivity (Wildman–Crippen MR) is 126 cm³/mol. The third kappa shape index (κ3) is 5.04. The highest BCUT2D eigenvalue weighted by molar-refractivity contribution is 7.78. The quantitative estimate of drug-likeness (QED) is 0.365. The lowest BCUT2D eigenvalue weighted by molar-refractivity contribution is -0.126. The fourth-order valence-corrected chi connectivity index (χ4v) is 4.39. The molecule has 2 aliphatic rings. The minimum absolute atomic E-state index is 0.0473. The summed E-state index contributed by atoms with van der Waals surface area (Å²) < 4.78 is 20.1. The second kappa shape index (κ2) is 10.0. The summed E-state index contributed by atoms with van der Waals surface area (Å²) in [6.45, 7) is 2.58. The maximum absolute atomic E-state index is 14.9. The zero-order valence-corrected chi connectivity index (χ0v) is 18.8. The summed E-state index contributed by atoms with van der Waals surface area (Å²) in [6.07, 6.45) is 2.43. The number of thiocarbonyl (C=S) groups is 1. The average molecular weight is 473 g/mol. The molecule has 4 rings (SSSR count). The van der Waals surface area contributed by atoms with Crippen molar-refractivity contribution in [1.29, 1.82) is 0 Å². The second-order valence-corrected chi connectivity index (χ2v) is 8.51. The molecule has 1 atom stereocenters. The maximum Gasteiger partial charge on any atom is 0.414 e. The molecular formula is C22H21FN4O3S2. The van der Waals surface area contributed by atoms with Crippen molar-refractivity contribution in [3.05, 3.63) is 52.5 Å². The molecule has 1 aromatic heterocycles. The molecule has 0 spiro atoms. The molecule has 7 nitrogen and oxygen atoms in total. The smallest absolute Gasteiger partial charge is 0.414 e. The SMILES string of the molecule is O=C(C=Cc1cccs1)N1CCN(c2ccc(N3C[C@H](CN=C=S)OC3=O)cc2F)CC1. The monoisotopic (exact) mass is 472 g/mol. The van der Waals surface area contributed by atoms with Gasteiger partial charge in [0.15, 0.2) is 0 Å². The molecule has 0 N–H and O–H groups in total. The van der Waals surface area contributed by atoms with Crippen LogP contribution in [0.1, 0.15) is 4.88 Å². The van der Waals surface area contributed by atoms with Crippen LogP contribution in [0.25, 0.3) is 6.08 Å².